The van der Waals surface area contributed by atoms with Crippen LogP contribution in [0.15, 0.2) is 24.3 Å². The molecule has 27 heavy (non-hydrogen) atoms. The first-order valence-corrected chi connectivity index (χ1v) is 9.51. The lowest BCUT2D eigenvalue weighted by molar-refractivity contribution is 0.261. The van der Waals surface area contributed by atoms with Crippen molar-refractivity contribution < 1.29 is 22.0 Å². The van der Waals surface area contributed by atoms with Crippen molar-refractivity contribution in [2.45, 2.75) is 51.9 Å². The lowest BCUT2D eigenvalue weighted by atomic mass is 9.78. The van der Waals surface area contributed by atoms with Gasteiger partial charge in [-0.05, 0) is 66.5 Å². The molecule has 1 aliphatic rings. The van der Waals surface area contributed by atoms with E-state index in [1.807, 2.05) is 0 Å². The van der Waals surface area contributed by atoms with Gasteiger partial charge in [0.05, 0.1) is 5.56 Å². The van der Waals surface area contributed by atoms with Crippen molar-refractivity contribution in [3.05, 3.63) is 58.9 Å². The van der Waals surface area contributed by atoms with E-state index in [0.29, 0.717) is 30.0 Å². The Kier molecular flexibility index (Phi) is 6.18. The lowest BCUT2D eigenvalue weighted by Gasteiger charge is -2.28. The molecule has 1 fully saturated rings. The number of hydrogen-bond donors (Lipinski definition) is 0. The molecule has 2 aromatic carbocycles. The maximum Gasteiger partial charge on any atom is 0.194 e. The highest BCUT2D eigenvalue weighted by Crippen LogP contribution is 2.35. The summed E-state index contributed by atoms with van der Waals surface area (Å²) in [6.07, 6.45) is 7.38. The van der Waals surface area contributed by atoms with Gasteiger partial charge < -0.3 is 0 Å². The molecule has 0 N–H and O–H groups in total. The van der Waals surface area contributed by atoms with Gasteiger partial charge in [-0.15, -0.1) is 0 Å². The van der Waals surface area contributed by atoms with E-state index in [2.05, 4.69) is 6.92 Å². The summed E-state index contributed by atoms with van der Waals surface area (Å²) in [5.74, 6) is -5.25. The zero-order valence-electron chi connectivity index (χ0n) is 15.3. The largest absolute Gasteiger partial charge is 0.206 e. The first-order chi connectivity index (χ1) is 12.9. The molecule has 2 aromatic rings. The molecular weight excluding hydrogens is 359 g/mol. The topological polar surface area (TPSA) is 0 Å². The van der Waals surface area contributed by atoms with Gasteiger partial charge in [-0.25, -0.2) is 22.0 Å². The molecule has 0 nitrogen and oxygen atoms in total. The highest BCUT2D eigenvalue weighted by Gasteiger charge is 2.23. The molecule has 5 heteroatoms. The summed E-state index contributed by atoms with van der Waals surface area (Å²) in [5, 5.41) is 0. The maximum atomic E-state index is 14.5. The molecule has 0 unspecified atom stereocenters. The van der Waals surface area contributed by atoms with Gasteiger partial charge in [0.2, 0.25) is 0 Å². The predicted octanol–water partition coefficient (Wildman–Crippen LogP) is 7.20. The molecule has 0 atom stereocenters. The first-order valence-electron chi connectivity index (χ1n) is 9.51. The van der Waals surface area contributed by atoms with E-state index < -0.39 is 34.6 Å². The van der Waals surface area contributed by atoms with E-state index in [4.69, 9.17) is 0 Å². The van der Waals surface area contributed by atoms with Crippen LogP contribution < -0.4 is 0 Å². The van der Waals surface area contributed by atoms with Crippen LogP contribution in [0.5, 0.6) is 0 Å². The number of rotatable bonds is 5. The second-order valence-corrected chi connectivity index (χ2v) is 7.57. The van der Waals surface area contributed by atoms with E-state index in [0.717, 1.165) is 31.6 Å². The zero-order chi connectivity index (χ0) is 19.6. The van der Waals surface area contributed by atoms with Crippen molar-refractivity contribution in [2.75, 3.05) is 0 Å². The molecule has 0 bridgehead atoms. The molecule has 0 amide bonds. The van der Waals surface area contributed by atoms with Gasteiger partial charge >= 0.3 is 0 Å². The van der Waals surface area contributed by atoms with Crippen molar-refractivity contribution in [1.29, 1.82) is 0 Å². The van der Waals surface area contributed by atoms with Crippen LogP contribution in [0.2, 0.25) is 0 Å². The van der Waals surface area contributed by atoms with Crippen LogP contribution in [0, 0.1) is 40.9 Å². The second-order valence-electron chi connectivity index (χ2n) is 7.57. The van der Waals surface area contributed by atoms with Gasteiger partial charge in [0.15, 0.2) is 17.5 Å². The predicted molar refractivity (Wildman–Crippen MR) is 95.7 cm³/mol. The van der Waals surface area contributed by atoms with Crippen LogP contribution in [-0.2, 0) is 6.42 Å². The minimum atomic E-state index is -1.66. The highest BCUT2D eigenvalue weighted by atomic mass is 19.2. The fourth-order valence-electron chi connectivity index (χ4n) is 4.18. The van der Waals surface area contributed by atoms with Crippen molar-refractivity contribution in [3.8, 4) is 11.1 Å². The second kappa shape index (κ2) is 8.41. The Labute approximate surface area is 156 Å². The Hall–Kier alpha value is -1.91. The van der Waals surface area contributed by atoms with Crippen LogP contribution in [0.3, 0.4) is 0 Å². The molecule has 1 aliphatic carbocycles. The average molecular weight is 382 g/mol. The molecule has 0 heterocycles. The highest BCUT2D eigenvalue weighted by molar-refractivity contribution is 5.65. The Bertz CT molecular complexity index is 760. The van der Waals surface area contributed by atoms with Gasteiger partial charge in [0.25, 0.3) is 0 Å². The third kappa shape index (κ3) is 4.50. The minimum absolute atomic E-state index is 0.354. The first kappa shape index (κ1) is 19.8. The molecule has 0 aliphatic heterocycles. The molecule has 146 valence electrons. The Morgan fingerprint density at radius 3 is 1.78 bits per heavy atom. The molecule has 0 radical (unpaired) electrons. The Morgan fingerprint density at radius 1 is 0.741 bits per heavy atom. The SMILES string of the molecule is CCC[C@H]1CC[C@H](Cc2cc(F)c(-c3cc(F)c(F)c(F)c3)c(F)c2)CC1. The van der Waals surface area contributed by atoms with E-state index in [1.165, 1.54) is 25.0 Å². The summed E-state index contributed by atoms with van der Waals surface area (Å²) >= 11 is 0. The fraction of sp³-hybridized carbons (Fsp3) is 0.455. The van der Waals surface area contributed by atoms with Gasteiger partial charge in [-0.2, -0.15) is 0 Å². The third-order valence-electron chi connectivity index (χ3n) is 5.56. The van der Waals surface area contributed by atoms with E-state index in [-0.39, 0.29) is 5.56 Å². The fourth-order valence-corrected chi connectivity index (χ4v) is 4.18. The van der Waals surface area contributed by atoms with Gasteiger partial charge in [-0.1, -0.05) is 32.6 Å². The standard InChI is InChI=1S/C22H23F5/c1-2-3-13-4-6-14(7-5-13)8-15-9-17(23)21(18(24)10-15)16-11-19(25)22(27)20(26)12-16/h9-14H,2-8H2,1H3/t13-,14-. The molecule has 0 spiro atoms. The van der Waals surface area contributed by atoms with Gasteiger partial charge in [-0.3, -0.25) is 0 Å². The molecule has 1 saturated carbocycles. The van der Waals surface area contributed by atoms with Crippen molar-refractivity contribution >= 4 is 0 Å². The van der Waals surface area contributed by atoms with Crippen LogP contribution in [0.4, 0.5) is 22.0 Å². The van der Waals surface area contributed by atoms with Crippen LogP contribution in [0.25, 0.3) is 11.1 Å². The summed E-state index contributed by atoms with van der Waals surface area (Å²) < 4.78 is 68.9. The van der Waals surface area contributed by atoms with Crippen LogP contribution >= 0.6 is 0 Å². The van der Waals surface area contributed by atoms with Crippen LogP contribution in [-0.4, -0.2) is 0 Å². The lowest BCUT2D eigenvalue weighted by Crippen LogP contribution is -2.16. The zero-order valence-corrected chi connectivity index (χ0v) is 15.3. The van der Waals surface area contributed by atoms with Crippen molar-refractivity contribution in [2.24, 2.45) is 11.8 Å². The van der Waals surface area contributed by atoms with E-state index in [1.54, 1.807) is 0 Å². The number of hydrogen-bond acceptors (Lipinski definition) is 0. The van der Waals surface area contributed by atoms with E-state index >= 15 is 0 Å². The number of benzene rings is 2. The summed E-state index contributed by atoms with van der Waals surface area (Å²) in [6, 6.07) is 3.65. The monoisotopic (exact) mass is 382 g/mol. The average Bonchev–Trinajstić information content (AvgIpc) is 2.61. The minimum Gasteiger partial charge on any atom is -0.206 e. The van der Waals surface area contributed by atoms with Gasteiger partial charge in [0, 0.05) is 0 Å². The van der Waals surface area contributed by atoms with Gasteiger partial charge in [0.1, 0.15) is 11.6 Å². The summed E-state index contributed by atoms with van der Waals surface area (Å²) in [6.45, 7) is 2.18. The molecular formula is C22H23F5. The molecule has 0 aromatic heterocycles. The smallest absolute Gasteiger partial charge is 0.194 e. The normalized spacial score (nSPS) is 20.1. The Morgan fingerprint density at radius 2 is 1.26 bits per heavy atom. The van der Waals surface area contributed by atoms with Crippen LogP contribution in [0.1, 0.15) is 51.0 Å². The Balaban J connectivity index is 1.78. The summed E-state index contributed by atoms with van der Waals surface area (Å²) in [4.78, 5) is 0. The molecule has 3 rings (SSSR count). The van der Waals surface area contributed by atoms with E-state index in [9.17, 15) is 22.0 Å². The molecule has 0 saturated heterocycles. The third-order valence-corrected chi connectivity index (χ3v) is 5.56. The van der Waals surface area contributed by atoms with Crippen molar-refractivity contribution in [1.82, 2.24) is 0 Å². The number of halogens is 5. The summed E-state index contributed by atoms with van der Waals surface area (Å²) in [7, 11) is 0. The summed E-state index contributed by atoms with van der Waals surface area (Å²) in [5.41, 5.74) is -0.355. The quantitative estimate of drug-likeness (QED) is 0.379. The van der Waals surface area contributed by atoms with Crippen molar-refractivity contribution in [3.63, 3.8) is 0 Å². The maximum absolute atomic E-state index is 14.5.